The van der Waals surface area contributed by atoms with Crippen molar-refractivity contribution in [3.8, 4) is 0 Å². The number of hydrogen-bond donors (Lipinski definition) is 0. The van der Waals surface area contributed by atoms with Gasteiger partial charge in [-0.05, 0) is 12.8 Å². The summed E-state index contributed by atoms with van der Waals surface area (Å²) in [6.45, 7) is 0. The van der Waals surface area contributed by atoms with E-state index in [0.717, 1.165) is 6.42 Å². The molecule has 0 unspecified atom stereocenters. The third-order valence-corrected chi connectivity index (χ3v) is 2.50. The zero-order valence-corrected chi connectivity index (χ0v) is 7.38. The molecular formula is C8H8N4O2. The zero-order chi connectivity index (χ0) is 10.6. The van der Waals surface area contributed by atoms with E-state index in [-0.39, 0.29) is 0 Å². The van der Waals surface area contributed by atoms with Gasteiger partial charge in [0.1, 0.15) is 5.41 Å². The monoisotopic (exact) mass is 192 g/mol. The highest BCUT2D eigenvalue weighted by Gasteiger charge is 2.52. The number of carbonyl (C=O) groups excluding carboxylic acids is 2. The third-order valence-electron chi connectivity index (χ3n) is 2.50. The molecule has 1 aliphatic carbocycles. The Labute approximate surface area is 79.8 Å². The predicted octanol–water partition coefficient (Wildman–Crippen LogP) is -0.104. The van der Waals surface area contributed by atoms with Crippen LogP contribution >= 0.6 is 0 Å². The van der Waals surface area contributed by atoms with Gasteiger partial charge in [0.15, 0.2) is 0 Å². The molecule has 1 aliphatic rings. The molecule has 0 spiro atoms. The second kappa shape index (κ2) is 3.87. The molecule has 0 aromatic carbocycles. The minimum Gasteiger partial charge on any atom is -0.361 e. The lowest BCUT2D eigenvalue weighted by molar-refractivity contribution is -0.141. The van der Waals surface area contributed by atoms with E-state index in [1.54, 1.807) is 0 Å². The van der Waals surface area contributed by atoms with E-state index in [1.165, 1.54) is 0 Å². The van der Waals surface area contributed by atoms with Gasteiger partial charge in [0, 0.05) is 0 Å². The van der Waals surface area contributed by atoms with Crippen LogP contribution in [-0.4, -0.2) is 33.6 Å². The molecule has 0 aromatic heterocycles. The molecule has 72 valence electrons. The molecule has 1 rings (SSSR count). The predicted molar refractivity (Wildman–Crippen MR) is 45.7 cm³/mol. The zero-order valence-electron chi connectivity index (χ0n) is 7.38. The topological polar surface area (TPSA) is 107 Å². The summed E-state index contributed by atoms with van der Waals surface area (Å²) in [5.74, 6) is -1.09. The summed E-state index contributed by atoms with van der Waals surface area (Å²) >= 11 is 0. The Hall–Kier alpha value is -1.90. The van der Waals surface area contributed by atoms with Gasteiger partial charge in [0.25, 0.3) is 0 Å². The molecule has 0 radical (unpaired) electrons. The number of carbonyl (C=O) groups is 2. The number of Topliss-reactive ketones (excluding diaryl/α,β-unsaturated/α-hetero) is 2. The van der Waals surface area contributed by atoms with E-state index in [1.807, 2.05) is 0 Å². The summed E-state index contributed by atoms with van der Waals surface area (Å²) in [4.78, 5) is 28.0. The summed E-state index contributed by atoms with van der Waals surface area (Å²) < 4.78 is 0. The number of hydrogen-bond acceptors (Lipinski definition) is 2. The molecule has 0 N–H and O–H groups in total. The minimum atomic E-state index is -1.15. The molecule has 6 heteroatoms. The van der Waals surface area contributed by atoms with Crippen molar-refractivity contribution in [3.05, 3.63) is 11.1 Å². The Bertz CT molecular complexity index is 339. The lowest BCUT2D eigenvalue weighted by atomic mass is 9.63. The van der Waals surface area contributed by atoms with Crippen LogP contribution in [0.15, 0.2) is 0 Å². The Morgan fingerprint density at radius 3 is 1.71 bits per heavy atom. The first-order chi connectivity index (χ1) is 6.67. The van der Waals surface area contributed by atoms with Crippen molar-refractivity contribution >= 4 is 24.0 Å². The summed E-state index contributed by atoms with van der Waals surface area (Å²) in [6, 6.07) is 0. The summed E-state index contributed by atoms with van der Waals surface area (Å²) in [5, 5.41) is 0. The first-order valence-electron chi connectivity index (χ1n) is 4.11. The number of rotatable bonds is 4. The van der Waals surface area contributed by atoms with Crippen molar-refractivity contribution < 1.29 is 19.2 Å². The van der Waals surface area contributed by atoms with Crippen LogP contribution in [0.25, 0.3) is 11.1 Å². The van der Waals surface area contributed by atoms with Crippen LogP contribution in [0.2, 0.25) is 0 Å². The van der Waals surface area contributed by atoms with Crippen molar-refractivity contribution in [2.45, 2.75) is 19.3 Å². The van der Waals surface area contributed by atoms with E-state index in [2.05, 4.69) is 9.58 Å². The maximum atomic E-state index is 11.4. The minimum absolute atomic E-state index is 0.405. The maximum absolute atomic E-state index is 11.4. The van der Waals surface area contributed by atoms with Gasteiger partial charge >= 0.3 is 12.4 Å². The lowest BCUT2D eigenvalue weighted by Crippen LogP contribution is -2.46. The molecule has 14 heavy (non-hydrogen) atoms. The highest BCUT2D eigenvalue weighted by molar-refractivity contribution is 6.43. The fourth-order valence-corrected chi connectivity index (χ4v) is 1.50. The Kier molecular flexibility index (Phi) is 2.82. The van der Waals surface area contributed by atoms with Crippen molar-refractivity contribution in [3.63, 3.8) is 0 Å². The average Bonchev–Trinajstić information content (AvgIpc) is 2.02. The molecule has 0 heterocycles. The van der Waals surface area contributed by atoms with Gasteiger partial charge in [-0.3, -0.25) is 9.59 Å². The Balaban J connectivity index is 2.97. The van der Waals surface area contributed by atoms with Crippen molar-refractivity contribution in [2.75, 3.05) is 0 Å². The van der Waals surface area contributed by atoms with Crippen LogP contribution < -0.4 is 0 Å². The largest absolute Gasteiger partial charge is 0.361 e. The number of ketones is 2. The first kappa shape index (κ1) is 10.2. The maximum Gasteiger partial charge on any atom is 0.324 e. The van der Waals surface area contributed by atoms with Gasteiger partial charge in [-0.2, -0.15) is 9.58 Å². The van der Waals surface area contributed by atoms with E-state index < -0.39 is 17.0 Å². The summed E-state index contributed by atoms with van der Waals surface area (Å²) in [6.07, 6.45) is 2.99. The second-order valence-corrected chi connectivity index (χ2v) is 3.15. The van der Waals surface area contributed by atoms with Crippen LogP contribution in [-0.2, 0) is 9.59 Å². The van der Waals surface area contributed by atoms with Gasteiger partial charge in [0.2, 0.25) is 11.6 Å². The van der Waals surface area contributed by atoms with Crippen molar-refractivity contribution in [1.29, 1.82) is 0 Å². The molecule has 0 atom stereocenters. The van der Waals surface area contributed by atoms with Gasteiger partial charge in [0.05, 0.1) is 0 Å². The van der Waals surface area contributed by atoms with Gasteiger partial charge in [-0.15, -0.1) is 0 Å². The SMILES string of the molecule is [N-]=[N+]=CC(=O)C1(C(=O)C=[N+]=[N-])CCC1. The molecule has 0 saturated heterocycles. The highest BCUT2D eigenvalue weighted by Crippen LogP contribution is 2.41. The molecular weight excluding hydrogens is 184 g/mol. The van der Waals surface area contributed by atoms with E-state index in [9.17, 15) is 9.59 Å². The molecule has 1 fully saturated rings. The van der Waals surface area contributed by atoms with Crippen molar-refractivity contribution in [1.82, 2.24) is 0 Å². The van der Waals surface area contributed by atoms with Crippen LogP contribution in [0.3, 0.4) is 0 Å². The first-order valence-corrected chi connectivity index (χ1v) is 4.11. The standard InChI is InChI=1S/C8H8N4O2/c9-11-4-6(13)8(2-1-3-8)7(14)5-12-10/h4-5H,1-3H2. The van der Waals surface area contributed by atoms with E-state index in [4.69, 9.17) is 11.1 Å². The molecule has 0 aromatic rings. The van der Waals surface area contributed by atoms with Crippen molar-refractivity contribution in [2.24, 2.45) is 5.41 Å². The lowest BCUT2D eigenvalue weighted by Gasteiger charge is -2.33. The summed E-state index contributed by atoms with van der Waals surface area (Å²) in [7, 11) is 0. The van der Waals surface area contributed by atoms with Crippen LogP contribution in [0.4, 0.5) is 0 Å². The average molecular weight is 192 g/mol. The van der Waals surface area contributed by atoms with E-state index in [0.29, 0.717) is 25.3 Å². The molecule has 6 nitrogen and oxygen atoms in total. The van der Waals surface area contributed by atoms with Gasteiger partial charge in [-0.25, -0.2) is 0 Å². The Morgan fingerprint density at radius 1 is 1.07 bits per heavy atom. The number of nitrogens with zero attached hydrogens (tertiary/aromatic N) is 4. The van der Waals surface area contributed by atoms with Crippen LogP contribution in [0.5, 0.6) is 0 Å². The highest BCUT2D eigenvalue weighted by atomic mass is 16.2. The fraction of sp³-hybridized carbons (Fsp3) is 0.500. The Morgan fingerprint density at radius 2 is 1.50 bits per heavy atom. The second-order valence-electron chi connectivity index (χ2n) is 3.15. The normalized spacial score (nSPS) is 16.9. The molecule has 0 aliphatic heterocycles. The van der Waals surface area contributed by atoms with Gasteiger partial charge < -0.3 is 11.1 Å². The van der Waals surface area contributed by atoms with Crippen LogP contribution in [0, 0.1) is 5.41 Å². The quantitative estimate of drug-likeness (QED) is 0.268. The molecule has 0 amide bonds. The van der Waals surface area contributed by atoms with Crippen LogP contribution in [0.1, 0.15) is 19.3 Å². The summed E-state index contributed by atoms with van der Waals surface area (Å²) in [5.41, 5.74) is 15.2. The molecule has 1 saturated carbocycles. The molecule has 0 bridgehead atoms. The third kappa shape index (κ3) is 1.44. The van der Waals surface area contributed by atoms with Gasteiger partial charge in [-0.1, -0.05) is 6.42 Å². The fourth-order valence-electron chi connectivity index (χ4n) is 1.50. The van der Waals surface area contributed by atoms with E-state index >= 15 is 0 Å². The smallest absolute Gasteiger partial charge is 0.324 e.